The van der Waals surface area contributed by atoms with Crippen molar-refractivity contribution < 1.29 is 18.1 Å². The fourth-order valence-electron chi connectivity index (χ4n) is 0.998. The maximum absolute atomic E-state index is 12.2. The molecule has 0 radical (unpaired) electrons. The summed E-state index contributed by atoms with van der Waals surface area (Å²) in [5.41, 5.74) is -0.773. The van der Waals surface area contributed by atoms with Crippen LogP contribution in [0.5, 0.6) is 0 Å². The van der Waals surface area contributed by atoms with Gasteiger partial charge in [-0.05, 0) is 5.56 Å². The van der Waals surface area contributed by atoms with E-state index in [9.17, 15) is 12.9 Å². The highest BCUT2D eigenvalue weighted by Crippen LogP contribution is 2.11. The Morgan fingerprint density at radius 2 is 1.75 bits per heavy atom. The summed E-state index contributed by atoms with van der Waals surface area (Å²) < 4.78 is 36.6. The number of aliphatic hydroxyl groups is 1. The van der Waals surface area contributed by atoms with Crippen molar-refractivity contribution >= 4 is 12.4 Å². The lowest BCUT2D eigenvalue weighted by Gasteiger charge is -2.17. The molecule has 0 aromatic heterocycles. The summed E-state index contributed by atoms with van der Waals surface area (Å²) in [5.74, 6) is 0. The van der Waals surface area contributed by atoms with Gasteiger partial charge >= 0.3 is 6.98 Å². The third kappa shape index (κ3) is 1.79. The smallest absolute Gasteiger partial charge is 0.445 e. The van der Waals surface area contributed by atoms with E-state index in [4.69, 9.17) is 5.11 Å². The van der Waals surface area contributed by atoms with Gasteiger partial charge in [0.1, 0.15) is 0 Å². The topological polar surface area (TPSA) is 20.2 Å². The summed E-state index contributed by atoms with van der Waals surface area (Å²) in [6, 6.07) is 5.02. The molecule has 1 N–H and O–H groups in total. The van der Waals surface area contributed by atoms with Crippen LogP contribution < -0.4 is 5.46 Å². The Morgan fingerprint density at radius 1 is 1.17 bits per heavy atom. The molecule has 1 rings (SSSR count). The van der Waals surface area contributed by atoms with Gasteiger partial charge in [-0.1, -0.05) is 24.3 Å². The predicted molar refractivity (Wildman–Crippen MR) is 41.1 cm³/mol. The molecule has 0 fully saturated rings. The van der Waals surface area contributed by atoms with Crippen LogP contribution in [0, 0.1) is 0 Å². The van der Waals surface area contributed by atoms with Crippen LogP contribution in [-0.2, 0) is 6.61 Å². The van der Waals surface area contributed by atoms with Gasteiger partial charge in [-0.25, -0.2) is 0 Å². The molecule has 0 spiro atoms. The first-order chi connectivity index (χ1) is 5.55. The molecular weight excluding hydrogens is 168 g/mol. The largest absolute Gasteiger partial charge is 0.509 e. The van der Waals surface area contributed by atoms with E-state index in [1.165, 1.54) is 18.2 Å². The van der Waals surface area contributed by atoms with E-state index in [1.54, 1.807) is 0 Å². The minimum atomic E-state index is -5.00. The molecule has 0 atom stereocenters. The number of halogens is 3. The maximum atomic E-state index is 12.2. The van der Waals surface area contributed by atoms with Crippen LogP contribution >= 0.6 is 0 Å². The van der Waals surface area contributed by atoms with Crippen molar-refractivity contribution in [1.82, 2.24) is 0 Å². The Labute approximate surface area is 67.9 Å². The Kier molecular flexibility index (Phi) is 2.42. The quantitative estimate of drug-likeness (QED) is 0.670. The minimum Gasteiger partial charge on any atom is -0.445 e. The van der Waals surface area contributed by atoms with Gasteiger partial charge in [0, 0.05) is 0 Å². The second kappa shape index (κ2) is 3.19. The lowest BCUT2D eigenvalue weighted by Crippen LogP contribution is -2.36. The van der Waals surface area contributed by atoms with Gasteiger partial charge in [0.05, 0.1) is 6.61 Å². The maximum Gasteiger partial charge on any atom is 0.509 e. The van der Waals surface area contributed by atoms with Gasteiger partial charge in [-0.2, -0.15) is 0 Å². The highest BCUT2D eigenvalue weighted by Gasteiger charge is 2.27. The third-order valence-corrected chi connectivity index (χ3v) is 1.58. The average Bonchev–Trinajstić information content (AvgIpc) is 2.03. The summed E-state index contributed by atoms with van der Waals surface area (Å²) in [7, 11) is 0. The molecule has 0 unspecified atom stereocenters. The van der Waals surface area contributed by atoms with Crippen molar-refractivity contribution in [2.24, 2.45) is 0 Å². The first-order valence-corrected chi connectivity index (χ1v) is 3.44. The Bertz CT molecular complexity index is 272. The molecule has 0 aliphatic carbocycles. The summed E-state index contributed by atoms with van der Waals surface area (Å²) in [4.78, 5) is 0. The van der Waals surface area contributed by atoms with Gasteiger partial charge in [-0.15, -0.1) is 5.46 Å². The Morgan fingerprint density at radius 3 is 2.17 bits per heavy atom. The van der Waals surface area contributed by atoms with Crippen LogP contribution in [0.3, 0.4) is 0 Å². The molecule has 1 nitrogen and oxygen atoms in total. The highest BCUT2D eigenvalue weighted by molar-refractivity contribution is 6.74. The van der Waals surface area contributed by atoms with E-state index in [2.05, 4.69) is 0 Å². The minimum absolute atomic E-state index is 0.0648. The molecule has 0 saturated carbocycles. The van der Waals surface area contributed by atoms with E-state index in [-0.39, 0.29) is 5.56 Å². The third-order valence-electron chi connectivity index (χ3n) is 1.58. The molecule has 0 heterocycles. The zero-order valence-electron chi connectivity index (χ0n) is 6.17. The molecule has 66 valence electrons. The number of hydrogen-bond donors (Lipinski definition) is 1. The summed E-state index contributed by atoms with van der Waals surface area (Å²) in [6.45, 7) is -5.57. The average molecular weight is 175 g/mol. The van der Waals surface area contributed by atoms with E-state index in [0.29, 0.717) is 0 Å². The van der Waals surface area contributed by atoms with Gasteiger partial charge in [0.2, 0.25) is 0 Å². The fraction of sp³-hybridized carbons (Fsp3) is 0.143. The first kappa shape index (κ1) is 9.13. The van der Waals surface area contributed by atoms with Crippen molar-refractivity contribution in [2.45, 2.75) is 6.61 Å². The van der Waals surface area contributed by atoms with Crippen molar-refractivity contribution in [2.75, 3.05) is 0 Å². The van der Waals surface area contributed by atoms with Crippen LogP contribution in [-0.4, -0.2) is 12.1 Å². The fourth-order valence-corrected chi connectivity index (χ4v) is 0.998. The van der Waals surface area contributed by atoms with Crippen molar-refractivity contribution in [3.05, 3.63) is 29.8 Å². The standard InChI is InChI=1S/C7H7BF3O/c9-8(10,11)7-4-2-1-3-6(7)5-12/h1-4,12H,5H2/q-1. The zero-order valence-corrected chi connectivity index (χ0v) is 6.17. The van der Waals surface area contributed by atoms with E-state index < -0.39 is 19.0 Å². The van der Waals surface area contributed by atoms with E-state index >= 15 is 0 Å². The Balaban J connectivity index is 3.14. The van der Waals surface area contributed by atoms with Crippen LogP contribution in [0.25, 0.3) is 0 Å². The molecule has 0 aliphatic rings. The summed E-state index contributed by atoms with van der Waals surface area (Å²) in [6.07, 6.45) is 0. The van der Waals surface area contributed by atoms with Crippen LogP contribution in [0.1, 0.15) is 5.56 Å². The summed E-state index contributed by atoms with van der Waals surface area (Å²) in [5, 5.41) is 8.59. The number of aliphatic hydroxyl groups excluding tert-OH is 1. The van der Waals surface area contributed by atoms with Crippen molar-refractivity contribution in [3.63, 3.8) is 0 Å². The van der Waals surface area contributed by atoms with Gasteiger partial charge in [-0.3, -0.25) is 0 Å². The van der Waals surface area contributed by atoms with Crippen molar-refractivity contribution in [3.8, 4) is 0 Å². The molecule has 1 aromatic rings. The van der Waals surface area contributed by atoms with Crippen LogP contribution in [0.15, 0.2) is 24.3 Å². The van der Waals surface area contributed by atoms with E-state index in [1.807, 2.05) is 0 Å². The molecule has 0 amide bonds. The normalized spacial score (nSPS) is 11.7. The molecule has 1 aromatic carbocycles. The van der Waals surface area contributed by atoms with Crippen molar-refractivity contribution in [1.29, 1.82) is 0 Å². The number of rotatable bonds is 2. The van der Waals surface area contributed by atoms with Crippen LogP contribution in [0.2, 0.25) is 0 Å². The van der Waals surface area contributed by atoms with Gasteiger partial charge < -0.3 is 18.1 Å². The SMILES string of the molecule is OCc1ccccc1[B-](F)(F)F. The molecule has 0 saturated heterocycles. The van der Waals surface area contributed by atoms with Crippen LogP contribution in [0.4, 0.5) is 12.9 Å². The molecule has 12 heavy (non-hydrogen) atoms. The van der Waals surface area contributed by atoms with Gasteiger partial charge in [0.25, 0.3) is 0 Å². The molecule has 0 aliphatic heterocycles. The lowest BCUT2D eigenvalue weighted by atomic mass is 9.77. The Hall–Kier alpha value is -0.965. The first-order valence-electron chi connectivity index (χ1n) is 3.44. The second-order valence-electron chi connectivity index (χ2n) is 2.43. The highest BCUT2D eigenvalue weighted by atomic mass is 19.4. The lowest BCUT2D eigenvalue weighted by molar-refractivity contribution is 0.282. The second-order valence-corrected chi connectivity index (χ2v) is 2.43. The number of hydrogen-bond acceptors (Lipinski definition) is 1. The molecule has 0 bridgehead atoms. The predicted octanol–water partition coefficient (Wildman–Crippen LogP) is 1.23. The van der Waals surface area contributed by atoms with Gasteiger partial charge in [0.15, 0.2) is 0 Å². The molecular formula is C7H7BF3O-. The van der Waals surface area contributed by atoms with E-state index in [0.717, 1.165) is 6.07 Å². The zero-order chi connectivity index (χ0) is 9.19. The monoisotopic (exact) mass is 175 g/mol. The summed E-state index contributed by atoms with van der Waals surface area (Å²) >= 11 is 0. The molecule has 5 heteroatoms. The number of benzene rings is 1.